The highest BCUT2D eigenvalue weighted by atomic mass is 16.5. The number of imidazole rings is 1. The number of hydrogen-bond donors (Lipinski definition) is 1. The smallest absolute Gasteiger partial charge is 0.238 e. The third-order valence-electron chi connectivity index (χ3n) is 2.08. The Morgan fingerprint density at radius 1 is 1.53 bits per heavy atom. The predicted octanol–water partition coefficient (Wildman–Crippen LogP) is 0.361. The van der Waals surface area contributed by atoms with E-state index in [4.69, 9.17) is 10.3 Å². The van der Waals surface area contributed by atoms with Gasteiger partial charge in [-0.2, -0.15) is 4.98 Å². The Morgan fingerprint density at radius 2 is 2.40 bits per heavy atom. The molecule has 0 amide bonds. The number of aryl methyl sites for hydroxylation is 2. The second kappa shape index (κ2) is 4.22. The van der Waals surface area contributed by atoms with Gasteiger partial charge in [-0.1, -0.05) is 5.16 Å². The van der Waals surface area contributed by atoms with E-state index >= 15 is 0 Å². The normalized spacial score (nSPS) is 10.8. The summed E-state index contributed by atoms with van der Waals surface area (Å²) in [4.78, 5) is 8.37. The molecule has 0 aliphatic rings. The van der Waals surface area contributed by atoms with Gasteiger partial charge in [0.1, 0.15) is 0 Å². The van der Waals surface area contributed by atoms with Crippen LogP contribution in [0.2, 0.25) is 0 Å². The predicted molar refractivity (Wildman–Crippen MR) is 53.9 cm³/mol. The number of nitrogens with two attached hydrogens (primary N) is 1. The van der Waals surface area contributed by atoms with Crippen molar-refractivity contribution >= 4 is 0 Å². The van der Waals surface area contributed by atoms with Gasteiger partial charge in [-0.3, -0.25) is 0 Å². The van der Waals surface area contributed by atoms with E-state index in [1.54, 1.807) is 6.20 Å². The molecule has 0 aromatic carbocycles. The standard InChI is InChI=1S/C9H13N5O/c1-14-6-5-11-9(14)8-12-7(15-13-8)3-2-4-10/h5-6H,2-4,10H2,1H3. The third kappa shape index (κ3) is 2.04. The van der Waals surface area contributed by atoms with Crippen molar-refractivity contribution in [2.24, 2.45) is 12.8 Å². The first-order valence-corrected chi connectivity index (χ1v) is 4.81. The molecule has 0 saturated carbocycles. The van der Waals surface area contributed by atoms with E-state index in [1.807, 2.05) is 17.8 Å². The lowest BCUT2D eigenvalue weighted by Crippen LogP contribution is -2.00. The lowest BCUT2D eigenvalue weighted by Gasteiger charge is -1.92. The Kier molecular flexibility index (Phi) is 2.77. The van der Waals surface area contributed by atoms with Gasteiger partial charge in [-0.05, 0) is 13.0 Å². The van der Waals surface area contributed by atoms with Crippen LogP contribution in [0.15, 0.2) is 16.9 Å². The Bertz CT molecular complexity index is 433. The maximum Gasteiger partial charge on any atom is 0.238 e. The maximum atomic E-state index is 5.40. The topological polar surface area (TPSA) is 82.8 Å². The Morgan fingerprint density at radius 3 is 3.07 bits per heavy atom. The summed E-state index contributed by atoms with van der Waals surface area (Å²) in [6, 6.07) is 0. The minimum Gasteiger partial charge on any atom is -0.339 e. The highest BCUT2D eigenvalue weighted by Gasteiger charge is 2.11. The van der Waals surface area contributed by atoms with Crippen LogP contribution in [0.3, 0.4) is 0 Å². The summed E-state index contributed by atoms with van der Waals surface area (Å²) in [6.45, 7) is 0.625. The molecule has 0 bridgehead atoms. The molecule has 6 heteroatoms. The third-order valence-corrected chi connectivity index (χ3v) is 2.08. The van der Waals surface area contributed by atoms with Gasteiger partial charge >= 0.3 is 0 Å². The average molecular weight is 207 g/mol. The van der Waals surface area contributed by atoms with Crippen molar-refractivity contribution in [2.45, 2.75) is 12.8 Å². The number of nitrogens with zero attached hydrogens (tertiary/aromatic N) is 4. The molecule has 2 aromatic heterocycles. The summed E-state index contributed by atoms with van der Waals surface area (Å²) < 4.78 is 6.92. The van der Waals surface area contributed by atoms with Crippen molar-refractivity contribution in [3.63, 3.8) is 0 Å². The van der Waals surface area contributed by atoms with Gasteiger partial charge in [-0.15, -0.1) is 0 Å². The molecule has 0 aliphatic carbocycles. The van der Waals surface area contributed by atoms with Crippen LogP contribution in [0.1, 0.15) is 12.3 Å². The van der Waals surface area contributed by atoms with Gasteiger partial charge in [0, 0.05) is 25.9 Å². The van der Waals surface area contributed by atoms with E-state index in [1.165, 1.54) is 0 Å². The highest BCUT2D eigenvalue weighted by Crippen LogP contribution is 2.12. The maximum absolute atomic E-state index is 5.40. The van der Waals surface area contributed by atoms with Crippen molar-refractivity contribution in [2.75, 3.05) is 6.54 Å². The number of rotatable bonds is 4. The molecule has 0 fully saturated rings. The molecule has 0 spiro atoms. The molecule has 2 aromatic rings. The van der Waals surface area contributed by atoms with Gasteiger partial charge in [0.05, 0.1) is 0 Å². The Balaban J connectivity index is 2.17. The van der Waals surface area contributed by atoms with Crippen molar-refractivity contribution in [1.29, 1.82) is 0 Å². The van der Waals surface area contributed by atoms with Crippen molar-refractivity contribution in [1.82, 2.24) is 19.7 Å². The summed E-state index contributed by atoms with van der Waals surface area (Å²) in [5.41, 5.74) is 5.40. The van der Waals surface area contributed by atoms with Gasteiger partial charge in [0.2, 0.25) is 11.7 Å². The monoisotopic (exact) mass is 207 g/mol. The molecular weight excluding hydrogens is 194 g/mol. The molecule has 15 heavy (non-hydrogen) atoms. The fraction of sp³-hybridized carbons (Fsp3) is 0.444. The molecule has 0 radical (unpaired) electrons. The van der Waals surface area contributed by atoms with Crippen LogP contribution in [-0.2, 0) is 13.5 Å². The van der Waals surface area contributed by atoms with Crippen LogP contribution < -0.4 is 5.73 Å². The molecule has 0 aliphatic heterocycles. The van der Waals surface area contributed by atoms with Crippen molar-refractivity contribution in [3.05, 3.63) is 18.3 Å². The summed E-state index contributed by atoms with van der Waals surface area (Å²) in [7, 11) is 1.89. The van der Waals surface area contributed by atoms with Crippen LogP contribution in [0.25, 0.3) is 11.6 Å². The molecule has 6 nitrogen and oxygen atoms in total. The van der Waals surface area contributed by atoms with E-state index in [2.05, 4.69) is 15.1 Å². The molecule has 0 atom stereocenters. The second-order valence-corrected chi connectivity index (χ2v) is 3.27. The summed E-state index contributed by atoms with van der Waals surface area (Å²) in [6.07, 6.45) is 5.10. The molecule has 0 saturated heterocycles. The first kappa shape index (κ1) is 9.85. The number of aromatic nitrogens is 4. The van der Waals surface area contributed by atoms with Gasteiger partial charge < -0.3 is 14.8 Å². The lowest BCUT2D eigenvalue weighted by atomic mass is 10.3. The van der Waals surface area contributed by atoms with E-state index in [0.29, 0.717) is 30.5 Å². The zero-order valence-electron chi connectivity index (χ0n) is 8.55. The fourth-order valence-electron chi connectivity index (χ4n) is 1.28. The zero-order chi connectivity index (χ0) is 10.7. The Labute approximate surface area is 87.1 Å². The highest BCUT2D eigenvalue weighted by molar-refractivity contribution is 5.42. The van der Waals surface area contributed by atoms with Crippen molar-refractivity contribution < 1.29 is 4.52 Å². The molecule has 2 heterocycles. The van der Waals surface area contributed by atoms with Gasteiger partial charge in [-0.25, -0.2) is 4.98 Å². The fourth-order valence-corrected chi connectivity index (χ4v) is 1.28. The molecular formula is C9H13N5O. The van der Waals surface area contributed by atoms with Crippen molar-refractivity contribution in [3.8, 4) is 11.6 Å². The molecule has 2 N–H and O–H groups in total. The first-order valence-electron chi connectivity index (χ1n) is 4.81. The van der Waals surface area contributed by atoms with Gasteiger partial charge in [0.15, 0.2) is 5.82 Å². The summed E-state index contributed by atoms with van der Waals surface area (Å²) in [5, 5.41) is 3.86. The van der Waals surface area contributed by atoms with Crippen LogP contribution in [0, 0.1) is 0 Å². The van der Waals surface area contributed by atoms with Crippen LogP contribution in [0.5, 0.6) is 0 Å². The first-order chi connectivity index (χ1) is 7.31. The zero-order valence-corrected chi connectivity index (χ0v) is 8.55. The molecule has 2 rings (SSSR count). The van der Waals surface area contributed by atoms with Crippen LogP contribution >= 0.6 is 0 Å². The van der Waals surface area contributed by atoms with Gasteiger partial charge in [0.25, 0.3) is 0 Å². The minimum atomic E-state index is 0.523. The van der Waals surface area contributed by atoms with Crippen LogP contribution in [0.4, 0.5) is 0 Å². The van der Waals surface area contributed by atoms with E-state index < -0.39 is 0 Å². The minimum absolute atomic E-state index is 0.523. The SMILES string of the molecule is Cn1ccnc1-c1noc(CCCN)n1. The summed E-state index contributed by atoms with van der Waals surface area (Å²) >= 11 is 0. The molecule has 0 unspecified atom stereocenters. The number of hydrogen-bond acceptors (Lipinski definition) is 5. The van der Waals surface area contributed by atoms with Crippen LogP contribution in [-0.4, -0.2) is 26.2 Å². The van der Waals surface area contributed by atoms with E-state index in [-0.39, 0.29) is 0 Å². The second-order valence-electron chi connectivity index (χ2n) is 3.27. The molecule has 80 valence electrons. The van der Waals surface area contributed by atoms with E-state index in [0.717, 1.165) is 6.42 Å². The lowest BCUT2D eigenvalue weighted by molar-refractivity contribution is 0.376. The quantitative estimate of drug-likeness (QED) is 0.782. The largest absolute Gasteiger partial charge is 0.339 e. The van der Waals surface area contributed by atoms with E-state index in [9.17, 15) is 0 Å². The summed E-state index contributed by atoms with van der Waals surface area (Å²) in [5.74, 6) is 1.84. The average Bonchev–Trinajstić information content (AvgIpc) is 2.83. The Hall–Kier alpha value is -1.69.